The molecule has 22 heavy (non-hydrogen) atoms. The van der Waals surface area contributed by atoms with Crippen molar-refractivity contribution in [1.29, 1.82) is 0 Å². The number of hydrogen-bond acceptors (Lipinski definition) is 4. The number of aryl methyl sites for hydroxylation is 1. The van der Waals surface area contributed by atoms with Crippen molar-refractivity contribution in [2.24, 2.45) is 0 Å². The Morgan fingerprint density at radius 1 is 1.27 bits per heavy atom. The molecule has 0 spiro atoms. The second kappa shape index (κ2) is 9.60. The minimum atomic E-state index is -0.349. The molecular formula is C17H23NO4. The molecule has 1 amide bonds. The van der Waals surface area contributed by atoms with Crippen molar-refractivity contribution in [3.8, 4) is 5.75 Å². The van der Waals surface area contributed by atoms with E-state index in [0.717, 1.165) is 6.42 Å². The first-order chi connectivity index (χ1) is 10.6. The quantitative estimate of drug-likeness (QED) is 0.518. The zero-order valence-electron chi connectivity index (χ0n) is 13.2. The Kier molecular flexibility index (Phi) is 7.75. The summed E-state index contributed by atoms with van der Waals surface area (Å²) in [6.07, 6.45) is 2.73. The van der Waals surface area contributed by atoms with E-state index in [0.29, 0.717) is 12.3 Å². The normalized spacial score (nSPS) is 9.91. The minimum Gasteiger partial charge on any atom is -0.484 e. The first-order valence-electron chi connectivity index (χ1n) is 7.28. The van der Waals surface area contributed by atoms with Gasteiger partial charge in [0.05, 0.1) is 13.5 Å². The van der Waals surface area contributed by atoms with Gasteiger partial charge in [0.15, 0.2) is 6.61 Å². The van der Waals surface area contributed by atoms with Crippen molar-refractivity contribution in [2.45, 2.75) is 19.8 Å². The van der Waals surface area contributed by atoms with Crippen LogP contribution < -0.4 is 4.74 Å². The number of amides is 1. The predicted octanol–water partition coefficient (Wildman–Crippen LogP) is 2.21. The molecular weight excluding hydrogens is 282 g/mol. The van der Waals surface area contributed by atoms with Crippen LogP contribution in [0.2, 0.25) is 0 Å². The van der Waals surface area contributed by atoms with Crippen molar-refractivity contribution in [3.05, 3.63) is 42.5 Å². The van der Waals surface area contributed by atoms with Crippen LogP contribution in [0, 0.1) is 0 Å². The third kappa shape index (κ3) is 5.99. The lowest BCUT2D eigenvalue weighted by atomic mass is 10.2. The van der Waals surface area contributed by atoms with Crippen molar-refractivity contribution in [2.75, 3.05) is 26.8 Å². The zero-order valence-corrected chi connectivity index (χ0v) is 13.2. The van der Waals surface area contributed by atoms with Gasteiger partial charge in [-0.25, -0.2) is 0 Å². The Morgan fingerprint density at radius 3 is 2.50 bits per heavy atom. The van der Waals surface area contributed by atoms with E-state index >= 15 is 0 Å². The molecule has 0 aliphatic heterocycles. The van der Waals surface area contributed by atoms with Gasteiger partial charge in [0, 0.05) is 13.1 Å². The number of methoxy groups -OCH3 is 1. The number of hydrogen-bond donors (Lipinski definition) is 0. The highest BCUT2D eigenvalue weighted by Gasteiger charge is 2.14. The smallest absolute Gasteiger partial charge is 0.307 e. The zero-order chi connectivity index (χ0) is 16.4. The van der Waals surface area contributed by atoms with Crippen LogP contribution in [-0.2, 0) is 20.7 Å². The van der Waals surface area contributed by atoms with Crippen molar-refractivity contribution >= 4 is 11.9 Å². The van der Waals surface area contributed by atoms with Crippen LogP contribution in [0.25, 0.3) is 0 Å². The first-order valence-corrected chi connectivity index (χ1v) is 7.28. The van der Waals surface area contributed by atoms with Crippen LogP contribution in [0.4, 0.5) is 0 Å². The van der Waals surface area contributed by atoms with Crippen molar-refractivity contribution in [3.63, 3.8) is 0 Å². The van der Waals surface area contributed by atoms with Crippen LogP contribution in [0.3, 0.4) is 0 Å². The molecule has 0 atom stereocenters. The summed E-state index contributed by atoms with van der Waals surface area (Å²) in [5.41, 5.74) is 1.21. The molecule has 0 aliphatic rings. The largest absolute Gasteiger partial charge is 0.484 e. The number of benzene rings is 1. The molecule has 0 aliphatic carbocycles. The Bertz CT molecular complexity index is 496. The summed E-state index contributed by atoms with van der Waals surface area (Å²) in [6, 6.07) is 7.63. The highest BCUT2D eigenvalue weighted by Crippen LogP contribution is 2.12. The molecule has 0 unspecified atom stereocenters. The van der Waals surface area contributed by atoms with Gasteiger partial charge in [-0.2, -0.15) is 0 Å². The first kappa shape index (κ1) is 17.8. The fourth-order valence-electron chi connectivity index (χ4n) is 1.86. The average molecular weight is 305 g/mol. The third-order valence-electron chi connectivity index (χ3n) is 3.21. The van der Waals surface area contributed by atoms with Crippen LogP contribution in [0.15, 0.2) is 36.9 Å². The lowest BCUT2D eigenvalue weighted by molar-refractivity contribution is -0.142. The number of nitrogens with zero attached hydrogens (tertiary/aromatic N) is 1. The lowest BCUT2D eigenvalue weighted by Gasteiger charge is -2.20. The molecule has 1 rings (SSSR count). The average Bonchev–Trinajstić information content (AvgIpc) is 2.56. The summed E-state index contributed by atoms with van der Waals surface area (Å²) in [7, 11) is 1.32. The van der Waals surface area contributed by atoms with Crippen molar-refractivity contribution < 1.29 is 19.1 Å². The number of ether oxygens (including phenoxy) is 2. The Labute approximate surface area is 131 Å². The molecule has 120 valence electrons. The number of carbonyl (C=O) groups is 2. The lowest BCUT2D eigenvalue weighted by Crippen LogP contribution is -2.36. The van der Waals surface area contributed by atoms with Gasteiger partial charge in [-0.05, 0) is 24.1 Å². The van der Waals surface area contributed by atoms with Crippen LogP contribution in [-0.4, -0.2) is 43.6 Å². The van der Waals surface area contributed by atoms with Gasteiger partial charge in [-0.1, -0.05) is 25.1 Å². The summed E-state index contributed by atoms with van der Waals surface area (Å²) < 4.78 is 10.1. The van der Waals surface area contributed by atoms with E-state index in [9.17, 15) is 9.59 Å². The highest BCUT2D eigenvalue weighted by molar-refractivity contribution is 5.78. The van der Waals surface area contributed by atoms with Gasteiger partial charge in [0.25, 0.3) is 5.91 Å². The Morgan fingerprint density at radius 2 is 1.95 bits per heavy atom. The fraction of sp³-hybridized carbons (Fsp3) is 0.412. The summed E-state index contributed by atoms with van der Waals surface area (Å²) in [4.78, 5) is 24.8. The standard InChI is InChI=1S/C17H23NO4/c1-4-11-18(12-10-17(20)21-3)16(19)13-22-15-8-6-14(5-2)7-9-15/h4,6-9H,1,5,10-13H2,2-3H3. The molecule has 0 bridgehead atoms. The van der Waals surface area contributed by atoms with Gasteiger partial charge in [0.1, 0.15) is 5.75 Å². The maximum Gasteiger partial charge on any atom is 0.307 e. The van der Waals surface area contributed by atoms with E-state index in [-0.39, 0.29) is 31.4 Å². The summed E-state index contributed by atoms with van der Waals surface area (Å²) >= 11 is 0. The van der Waals surface area contributed by atoms with E-state index in [2.05, 4.69) is 18.2 Å². The number of carbonyl (C=O) groups excluding carboxylic acids is 2. The Hall–Kier alpha value is -2.30. The van der Waals surface area contributed by atoms with Crippen LogP contribution in [0.5, 0.6) is 5.75 Å². The highest BCUT2D eigenvalue weighted by atomic mass is 16.5. The molecule has 0 saturated carbocycles. The molecule has 0 fully saturated rings. The molecule has 1 aromatic carbocycles. The van der Waals surface area contributed by atoms with Crippen LogP contribution in [0.1, 0.15) is 18.9 Å². The van der Waals surface area contributed by atoms with Gasteiger partial charge in [-0.15, -0.1) is 6.58 Å². The van der Waals surface area contributed by atoms with Gasteiger partial charge >= 0.3 is 5.97 Å². The second-order valence-electron chi connectivity index (χ2n) is 4.74. The van der Waals surface area contributed by atoms with E-state index in [4.69, 9.17) is 4.74 Å². The maximum absolute atomic E-state index is 12.1. The van der Waals surface area contributed by atoms with Gasteiger partial charge < -0.3 is 14.4 Å². The van der Waals surface area contributed by atoms with Crippen molar-refractivity contribution in [1.82, 2.24) is 4.90 Å². The summed E-state index contributed by atoms with van der Waals surface area (Å²) in [5, 5.41) is 0. The third-order valence-corrected chi connectivity index (χ3v) is 3.21. The predicted molar refractivity (Wildman–Crippen MR) is 84.7 cm³/mol. The minimum absolute atomic E-state index is 0.0690. The van der Waals surface area contributed by atoms with Crippen LogP contribution >= 0.6 is 0 Å². The van der Waals surface area contributed by atoms with E-state index in [1.54, 1.807) is 6.08 Å². The molecule has 5 nitrogen and oxygen atoms in total. The topological polar surface area (TPSA) is 55.8 Å². The second-order valence-corrected chi connectivity index (χ2v) is 4.74. The molecule has 5 heteroatoms. The number of esters is 1. The monoisotopic (exact) mass is 305 g/mol. The molecule has 0 saturated heterocycles. The van der Waals surface area contributed by atoms with Gasteiger partial charge in [0.2, 0.25) is 0 Å². The molecule has 0 radical (unpaired) electrons. The summed E-state index contributed by atoms with van der Waals surface area (Å²) in [6.45, 7) is 6.28. The molecule has 0 N–H and O–H groups in total. The molecule has 0 heterocycles. The van der Waals surface area contributed by atoms with Gasteiger partial charge in [-0.3, -0.25) is 9.59 Å². The van der Waals surface area contributed by atoms with E-state index in [1.165, 1.54) is 17.6 Å². The summed E-state index contributed by atoms with van der Waals surface area (Å²) in [5.74, 6) is 0.110. The van der Waals surface area contributed by atoms with E-state index in [1.807, 2.05) is 24.3 Å². The number of rotatable bonds is 9. The van der Waals surface area contributed by atoms with E-state index < -0.39 is 0 Å². The molecule has 0 aromatic heterocycles. The Balaban J connectivity index is 2.50. The molecule has 1 aromatic rings. The SMILES string of the molecule is C=CCN(CCC(=O)OC)C(=O)COc1ccc(CC)cc1. The fourth-order valence-corrected chi connectivity index (χ4v) is 1.86. The maximum atomic E-state index is 12.1.